The number of carbonyl (C=O) groups excluding carboxylic acids is 1. The van der Waals surface area contributed by atoms with Gasteiger partial charge >= 0.3 is 0 Å². The highest BCUT2D eigenvalue weighted by Gasteiger charge is 2.17. The third-order valence-electron chi connectivity index (χ3n) is 2.91. The van der Waals surface area contributed by atoms with Crippen LogP contribution in [0.25, 0.3) is 0 Å². The van der Waals surface area contributed by atoms with Gasteiger partial charge in [-0.2, -0.15) is 0 Å². The number of hydrogen-bond donors (Lipinski definition) is 3. The standard InChI is InChI=1S/C14H15N3O3S/c1-9-8-11(15)4-7-13(9)21(19,20)17-12-5-2-10(3-6-12)14(16)18/h2-8,17H,15H2,1H3,(H2,16,18). The molecule has 0 aliphatic rings. The van der Waals surface area contributed by atoms with E-state index in [4.69, 9.17) is 11.5 Å². The molecule has 21 heavy (non-hydrogen) atoms. The highest BCUT2D eigenvalue weighted by atomic mass is 32.2. The van der Waals surface area contributed by atoms with Crippen LogP contribution in [0.15, 0.2) is 47.4 Å². The van der Waals surface area contributed by atoms with Crippen molar-refractivity contribution in [2.45, 2.75) is 11.8 Å². The van der Waals surface area contributed by atoms with E-state index in [9.17, 15) is 13.2 Å². The molecule has 0 aliphatic carbocycles. The fraction of sp³-hybridized carbons (Fsp3) is 0.0714. The average molecular weight is 305 g/mol. The van der Waals surface area contributed by atoms with Gasteiger partial charge in [0.2, 0.25) is 5.91 Å². The Labute approximate surface area is 122 Å². The maximum Gasteiger partial charge on any atom is 0.262 e. The molecule has 0 saturated carbocycles. The summed E-state index contributed by atoms with van der Waals surface area (Å²) in [6.07, 6.45) is 0. The van der Waals surface area contributed by atoms with E-state index in [0.29, 0.717) is 22.5 Å². The van der Waals surface area contributed by atoms with E-state index in [1.807, 2.05) is 0 Å². The van der Waals surface area contributed by atoms with E-state index in [1.54, 1.807) is 13.0 Å². The van der Waals surface area contributed by atoms with Crippen molar-refractivity contribution in [1.82, 2.24) is 0 Å². The highest BCUT2D eigenvalue weighted by Crippen LogP contribution is 2.21. The van der Waals surface area contributed by atoms with Crippen LogP contribution in [-0.2, 0) is 10.0 Å². The van der Waals surface area contributed by atoms with E-state index in [-0.39, 0.29) is 4.90 Å². The lowest BCUT2D eigenvalue weighted by Crippen LogP contribution is -2.15. The Morgan fingerprint density at radius 2 is 1.71 bits per heavy atom. The minimum Gasteiger partial charge on any atom is -0.399 e. The molecule has 0 fully saturated rings. The van der Waals surface area contributed by atoms with Gasteiger partial charge in [-0.25, -0.2) is 8.42 Å². The van der Waals surface area contributed by atoms with Gasteiger partial charge < -0.3 is 11.5 Å². The van der Waals surface area contributed by atoms with Crippen molar-refractivity contribution < 1.29 is 13.2 Å². The summed E-state index contributed by atoms with van der Waals surface area (Å²) in [7, 11) is -3.72. The smallest absolute Gasteiger partial charge is 0.262 e. The highest BCUT2D eigenvalue weighted by molar-refractivity contribution is 7.92. The van der Waals surface area contributed by atoms with E-state index in [1.165, 1.54) is 36.4 Å². The largest absolute Gasteiger partial charge is 0.399 e. The topological polar surface area (TPSA) is 115 Å². The molecular formula is C14H15N3O3S. The van der Waals surface area contributed by atoms with Crippen molar-refractivity contribution in [3.8, 4) is 0 Å². The molecule has 0 unspecified atom stereocenters. The van der Waals surface area contributed by atoms with Gasteiger partial charge in [0.25, 0.3) is 10.0 Å². The van der Waals surface area contributed by atoms with E-state index < -0.39 is 15.9 Å². The average Bonchev–Trinajstić information content (AvgIpc) is 2.38. The monoisotopic (exact) mass is 305 g/mol. The van der Waals surface area contributed by atoms with Crippen molar-refractivity contribution in [3.05, 3.63) is 53.6 Å². The summed E-state index contributed by atoms with van der Waals surface area (Å²) in [5.41, 5.74) is 12.4. The molecule has 0 atom stereocenters. The van der Waals surface area contributed by atoms with Crippen LogP contribution in [0.4, 0.5) is 11.4 Å². The van der Waals surface area contributed by atoms with Crippen LogP contribution in [0.3, 0.4) is 0 Å². The summed E-state index contributed by atoms with van der Waals surface area (Å²) in [4.78, 5) is 11.1. The Hall–Kier alpha value is -2.54. The zero-order chi connectivity index (χ0) is 15.6. The zero-order valence-electron chi connectivity index (χ0n) is 11.3. The lowest BCUT2D eigenvalue weighted by atomic mass is 10.2. The Bertz CT molecular complexity index is 784. The Morgan fingerprint density at radius 3 is 2.24 bits per heavy atom. The second-order valence-electron chi connectivity index (χ2n) is 4.57. The van der Waals surface area contributed by atoms with Gasteiger partial charge in [0.15, 0.2) is 0 Å². The molecule has 2 aromatic carbocycles. The van der Waals surface area contributed by atoms with Crippen LogP contribution >= 0.6 is 0 Å². The van der Waals surface area contributed by atoms with Gasteiger partial charge in [-0.1, -0.05) is 0 Å². The lowest BCUT2D eigenvalue weighted by molar-refractivity contribution is 0.100. The van der Waals surface area contributed by atoms with Gasteiger partial charge in [0, 0.05) is 16.9 Å². The number of benzene rings is 2. The number of carbonyl (C=O) groups is 1. The first kappa shape index (κ1) is 14.9. The number of nitrogens with one attached hydrogen (secondary N) is 1. The van der Waals surface area contributed by atoms with Crippen molar-refractivity contribution in [1.29, 1.82) is 0 Å². The molecule has 1 amide bonds. The Morgan fingerprint density at radius 1 is 1.10 bits per heavy atom. The molecule has 0 heterocycles. The van der Waals surface area contributed by atoms with Crippen LogP contribution in [-0.4, -0.2) is 14.3 Å². The number of sulfonamides is 1. The molecule has 110 valence electrons. The zero-order valence-corrected chi connectivity index (χ0v) is 12.1. The first-order valence-electron chi connectivity index (χ1n) is 6.08. The number of anilines is 2. The summed E-state index contributed by atoms with van der Waals surface area (Å²) < 4.78 is 27.1. The van der Waals surface area contributed by atoms with Gasteiger partial charge in [-0.3, -0.25) is 9.52 Å². The SMILES string of the molecule is Cc1cc(N)ccc1S(=O)(=O)Nc1ccc(C(N)=O)cc1. The quantitative estimate of drug-likeness (QED) is 0.742. The minimum absolute atomic E-state index is 0.149. The molecule has 7 heteroatoms. The normalized spacial score (nSPS) is 11.1. The maximum absolute atomic E-state index is 12.3. The van der Waals surface area contributed by atoms with Crippen LogP contribution < -0.4 is 16.2 Å². The molecular weight excluding hydrogens is 290 g/mol. The van der Waals surface area contributed by atoms with Gasteiger partial charge in [-0.15, -0.1) is 0 Å². The van der Waals surface area contributed by atoms with Crippen LogP contribution in [0.5, 0.6) is 0 Å². The van der Waals surface area contributed by atoms with Gasteiger partial charge in [0.05, 0.1) is 4.90 Å². The predicted octanol–water partition coefficient (Wildman–Crippen LogP) is 1.48. The number of hydrogen-bond acceptors (Lipinski definition) is 4. The number of amides is 1. The molecule has 5 N–H and O–H groups in total. The molecule has 0 radical (unpaired) electrons. The number of rotatable bonds is 4. The number of primary amides is 1. The summed E-state index contributed by atoms with van der Waals surface area (Å²) in [5.74, 6) is -0.571. The van der Waals surface area contributed by atoms with Crippen molar-refractivity contribution in [2.75, 3.05) is 10.5 Å². The third-order valence-corrected chi connectivity index (χ3v) is 4.45. The van der Waals surface area contributed by atoms with E-state index in [2.05, 4.69) is 4.72 Å². The van der Waals surface area contributed by atoms with E-state index in [0.717, 1.165) is 0 Å². The van der Waals surface area contributed by atoms with Crippen LogP contribution in [0.1, 0.15) is 15.9 Å². The lowest BCUT2D eigenvalue weighted by Gasteiger charge is -2.11. The molecule has 0 spiro atoms. The molecule has 6 nitrogen and oxygen atoms in total. The molecule has 0 bridgehead atoms. The molecule has 0 aliphatic heterocycles. The third kappa shape index (κ3) is 3.32. The second-order valence-corrected chi connectivity index (χ2v) is 6.22. The first-order chi connectivity index (χ1) is 9.79. The minimum atomic E-state index is -3.72. The van der Waals surface area contributed by atoms with Gasteiger partial charge in [0.1, 0.15) is 0 Å². The first-order valence-corrected chi connectivity index (χ1v) is 7.57. The second kappa shape index (κ2) is 5.45. The number of nitrogen functional groups attached to an aromatic ring is 1. The summed E-state index contributed by atoms with van der Waals surface area (Å²) in [5, 5.41) is 0. The molecule has 0 saturated heterocycles. The van der Waals surface area contributed by atoms with Crippen LogP contribution in [0, 0.1) is 6.92 Å². The molecule has 0 aromatic heterocycles. The number of aryl methyl sites for hydroxylation is 1. The Kier molecular flexibility index (Phi) is 3.86. The fourth-order valence-electron chi connectivity index (χ4n) is 1.89. The summed E-state index contributed by atoms with van der Waals surface area (Å²) in [6.45, 7) is 1.67. The molecule has 2 aromatic rings. The van der Waals surface area contributed by atoms with Crippen molar-refractivity contribution >= 4 is 27.3 Å². The predicted molar refractivity (Wildman–Crippen MR) is 81.4 cm³/mol. The molecule has 2 rings (SSSR count). The van der Waals surface area contributed by atoms with E-state index >= 15 is 0 Å². The van der Waals surface area contributed by atoms with Crippen molar-refractivity contribution in [3.63, 3.8) is 0 Å². The Balaban J connectivity index is 2.30. The van der Waals surface area contributed by atoms with Crippen molar-refractivity contribution in [2.24, 2.45) is 5.73 Å². The fourth-order valence-corrected chi connectivity index (χ4v) is 3.17. The summed E-state index contributed by atoms with van der Waals surface area (Å²) >= 11 is 0. The van der Waals surface area contributed by atoms with Gasteiger partial charge in [-0.05, 0) is 55.0 Å². The van der Waals surface area contributed by atoms with Crippen LogP contribution in [0.2, 0.25) is 0 Å². The summed E-state index contributed by atoms with van der Waals surface area (Å²) in [6, 6.07) is 10.4. The maximum atomic E-state index is 12.3. The number of nitrogens with two attached hydrogens (primary N) is 2.